The lowest BCUT2D eigenvalue weighted by Gasteiger charge is -2.07. The number of carbonyl (C=O) groups is 1. The maximum atomic E-state index is 11.4. The molecular formula is C13H18N4O2. The van der Waals surface area contributed by atoms with E-state index >= 15 is 0 Å². The van der Waals surface area contributed by atoms with Crippen LogP contribution in [-0.2, 0) is 11.2 Å². The minimum atomic E-state index is -0.211. The summed E-state index contributed by atoms with van der Waals surface area (Å²) in [7, 11) is 0. The average molecular weight is 262 g/mol. The van der Waals surface area contributed by atoms with E-state index in [0.29, 0.717) is 19.4 Å². The number of aromatic amines is 2. The highest BCUT2D eigenvalue weighted by Crippen LogP contribution is 2.10. The van der Waals surface area contributed by atoms with Gasteiger partial charge in [0.15, 0.2) is 0 Å². The number of nitrogens with two attached hydrogens (primary N) is 1. The summed E-state index contributed by atoms with van der Waals surface area (Å²) in [6.07, 6.45) is 1.05. The van der Waals surface area contributed by atoms with Gasteiger partial charge in [-0.3, -0.25) is 4.79 Å². The van der Waals surface area contributed by atoms with Gasteiger partial charge in [0.1, 0.15) is 0 Å². The van der Waals surface area contributed by atoms with Gasteiger partial charge in [-0.15, -0.1) is 0 Å². The predicted molar refractivity (Wildman–Crippen MR) is 73.9 cm³/mol. The lowest BCUT2D eigenvalue weighted by Crippen LogP contribution is -2.31. The van der Waals surface area contributed by atoms with E-state index in [1.54, 1.807) is 6.92 Å². The van der Waals surface area contributed by atoms with Crippen molar-refractivity contribution in [2.75, 3.05) is 6.54 Å². The smallest absolute Gasteiger partial charge is 0.323 e. The quantitative estimate of drug-likeness (QED) is 0.621. The highest BCUT2D eigenvalue weighted by atomic mass is 16.1. The lowest BCUT2D eigenvalue weighted by atomic mass is 10.1. The summed E-state index contributed by atoms with van der Waals surface area (Å²) in [6.45, 7) is 2.36. The number of imidazole rings is 1. The number of H-pyrrole nitrogens is 2. The summed E-state index contributed by atoms with van der Waals surface area (Å²) >= 11 is 0. The summed E-state index contributed by atoms with van der Waals surface area (Å²) in [5.41, 5.74) is 7.96. The molecule has 1 aromatic carbocycles. The fourth-order valence-corrected chi connectivity index (χ4v) is 1.95. The number of rotatable bonds is 5. The molecule has 1 heterocycles. The van der Waals surface area contributed by atoms with Crippen molar-refractivity contribution in [3.8, 4) is 0 Å². The highest BCUT2D eigenvalue weighted by Gasteiger charge is 2.04. The Morgan fingerprint density at radius 2 is 2.11 bits per heavy atom. The molecule has 0 radical (unpaired) electrons. The van der Waals surface area contributed by atoms with E-state index in [4.69, 9.17) is 5.73 Å². The van der Waals surface area contributed by atoms with Gasteiger partial charge in [-0.1, -0.05) is 6.07 Å². The van der Waals surface area contributed by atoms with Crippen molar-refractivity contribution >= 4 is 16.9 Å². The molecule has 0 bridgehead atoms. The molecule has 1 aromatic heterocycles. The number of carbonyl (C=O) groups excluding carboxylic acids is 1. The van der Waals surface area contributed by atoms with E-state index in [9.17, 15) is 9.59 Å². The van der Waals surface area contributed by atoms with E-state index < -0.39 is 0 Å². The van der Waals surface area contributed by atoms with Crippen molar-refractivity contribution in [3.05, 3.63) is 34.2 Å². The molecule has 2 aromatic rings. The van der Waals surface area contributed by atoms with Crippen LogP contribution in [-0.4, -0.2) is 28.5 Å². The van der Waals surface area contributed by atoms with Crippen LogP contribution in [0, 0.1) is 0 Å². The van der Waals surface area contributed by atoms with Gasteiger partial charge in [-0.2, -0.15) is 0 Å². The zero-order chi connectivity index (χ0) is 13.8. The average Bonchev–Trinajstić information content (AvgIpc) is 2.67. The Bertz CT molecular complexity index is 627. The second-order valence-electron chi connectivity index (χ2n) is 4.74. The van der Waals surface area contributed by atoms with Gasteiger partial charge in [0.2, 0.25) is 5.91 Å². The lowest BCUT2D eigenvalue weighted by molar-refractivity contribution is -0.121. The van der Waals surface area contributed by atoms with Gasteiger partial charge in [-0.05, 0) is 31.0 Å². The maximum absolute atomic E-state index is 11.4. The summed E-state index contributed by atoms with van der Waals surface area (Å²) in [6, 6.07) is 5.57. The Morgan fingerprint density at radius 3 is 2.84 bits per heavy atom. The number of fused-ring (bicyclic) bond motifs is 1. The molecule has 0 aliphatic carbocycles. The molecule has 19 heavy (non-hydrogen) atoms. The fraction of sp³-hybridized carbons (Fsp3) is 0.385. The van der Waals surface area contributed by atoms with Gasteiger partial charge in [0.05, 0.1) is 11.0 Å². The van der Waals surface area contributed by atoms with Crippen LogP contribution in [0.5, 0.6) is 0 Å². The van der Waals surface area contributed by atoms with Crippen LogP contribution in [0.25, 0.3) is 11.0 Å². The third-order valence-electron chi connectivity index (χ3n) is 2.82. The molecule has 0 aliphatic heterocycles. The normalized spacial score (nSPS) is 12.5. The second kappa shape index (κ2) is 5.71. The van der Waals surface area contributed by atoms with E-state index in [1.807, 2.05) is 18.2 Å². The molecular weight excluding hydrogens is 244 g/mol. The predicted octanol–water partition coefficient (Wildman–Crippen LogP) is 0.252. The minimum absolute atomic E-state index is 0.0360. The summed E-state index contributed by atoms with van der Waals surface area (Å²) in [4.78, 5) is 27.9. The number of aromatic nitrogens is 2. The molecule has 2 rings (SSSR count). The van der Waals surface area contributed by atoms with Crippen molar-refractivity contribution in [1.82, 2.24) is 15.3 Å². The molecule has 0 spiro atoms. The van der Waals surface area contributed by atoms with E-state index in [2.05, 4.69) is 15.3 Å². The number of hydrogen-bond acceptors (Lipinski definition) is 3. The van der Waals surface area contributed by atoms with Gasteiger partial charge in [0, 0.05) is 19.0 Å². The Kier molecular flexibility index (Phi) is 4.01. The summed E-state index contributed by atoms with van der Waals surface area (Å²) in [5, 5.41) is 2.82. The number of nitrogens with one attached hydrogen (secondary N) is 3. The fourth-order valence-electron chi connectivity index (χ4n) is 1.95. The van der Waals surface area contributed by atoms with Gasteiger partial charge in [-0.25, -0.2) is 4.79 Å². The summed E-state index contributed by atoms with van der Waals surface area (Å²) in [5.74, 6) is -0.0360. The van der Waals surface area contributed by atoms with E-state index in [-0.39, 0.29) is 17.6 Å². The van der Waals surface area contributed by atoms with Crippen LogP contribution in [0.2, 0.25) is 0 Å². The number of benzene rings is 1. The third kappa shape index (κ3) is 3.69. The minimum Gasteiger partial charge on any atom is -0.356 e. The van der Waals surface area contributed by atoms with Gasteiger partial charge in [0.25, 0.3) is 0 Å². The van der Waals surface area contributed by atoms with Crippen molar-refractivity contribution in [2.24, 2.45) is 5.73 Å². The van der Waals surface area contributed by atoms with Crippen LogP contribution in [0.15, 0.2) is 23.0 Å². The molecule has 0 saturated heterocycles. The monoisotopic (exact) mass is 262 g/mol. The molecule has 1 unspecified atom stereocenters. The van der Waals surface area contributed by atoms with Crippen molar-refractivity contribution in [1.29, 1.82) is 0 Å². The number of hydrogen-bond donors (Lipinski definition) is 4. The Labute approximate surface area is 110 Å². The first-order chi connectivity index (χ1) is 9.04. The Balaban J connectivity index is 1.91. The van der Waals surface area contributed by atoms with Crippen LogP contribution >= 0.6 is 0 Å². The molecule has 0 fully saturated rings. The number of amides is 1. The third-order valence-corrected chi connectivity index (χ3v) is 2.82. The molecule has 102 valence electrons. The van der Waals surface area contributed by atoms with Gasteiger partial charge >= 0.3 is 5.69 Å². The molecule has 5 N–H and O–H groups in total. The van der Waals surface area contributed by atoms with E-state index in [0.717, 1.165) is 16.6 Å². The van der Waals surface area contributed by atoms with Crippen molar-refractivity contribution < 1.29 is 4.79 Å². The molecule has 0 aliphatic rings. The first-order valence-corrected chi connectivity index (χ1v) is 6.28. The topological polar surface area (TPSA) is 104 Å². The van der Waals surface area contributed by atoms with Gasteiger partial charge < -0.3 is 21.0 Å². The van der Waals surface area contributed by atoms with Crippen molar-refractivity contribution in [2.45, 2.75) is 25.8 Å². The first-order valence-electron chi connectivity index (χ1n) is 6.28. The first kappa shape index (κ1) is 13.4. The van der Waals surface area contributed by atoms with Crippen molar-refractivity contribution in [3.63, 3.8) is 0 Å². The van der Waals surface area contributed by atoms with Crippen LogP contribution in [0.3, 0.4) is 0 Å². The largest absolute Gasteiger partial charge is 0.356 e. The highest BCUT2D eigenvalue weighted by molar-refractivity contribution is 5.76. The Hall–Kier alpha value is -2.08. The second-order valence-corrected chi connectivity index (χ2v) is 4.74. The van der Waals surface area contributed by atoms with Crippen LogP contribution in [0.4, 0.5) is 0 Å². The molecule has 1 amide bonds. The van der Waals surface area contributed by atoms with Crippen LogP contribution < -0.4 is 16.7 Å². The molecule has 6 heteroatoms. The summed E-state index contributed by atoms with van der Waals surface area (Å²) < 4.78 is 0. The SMILES string of the molecule is CC(N)CC(=O)NCCc1ccc2[nH]c(=O)[nH]c2c1. The zero-order valence-electron chi connectivity index (χ0n) is 10.8. The zero-order valence-corrected chi connectivity index (χ0v) is 10.8. The van der Waals surface area contributed by atoms with Crippen LogP contribution in [0.1, 0.15) is 18.9 Å². The Morgan fingerprint density at radius 1 is 1.37 bits per heavy atom. The maximum Gasteiger partial charge on any atom is 0.323 e. The molecule has 0 saturated carbocycles. The van der Waals surface area contributed by atoms with E-state index in [1.165, 1.54) is 0 Å². The molecule has 1 atom stereocenters. The standard InChI is InChI=1S/C13H18N4O2/c1-8(14)6-12(18)15-5-4-9-2-3-10-11(7-9)17-13(19)16-10/h2-3,7-8H,4-6,14H2,1H3,(H,15,18)(H2,16,17,19). The molecule has 6 nitrogen and oxygen atoms in total.